The van der Waals surface area contributed by atoms with E-state index in [0.29, 0.717) is 18.0 Å². The molecule has 2 aromatic carbocycles. The number of fused-ring (bicyclic) bond motifs is 1. The quantitative estimate of drug-likeness (QED) is 0.742. The molecule has 0 atom stereocenters. The summed E-state index contributed by atoms with van der Waals surface area (Å²) in [4.78, 5) is 4.36. The number of rotatable bonds is 3. The van der Waals surface area contributed by atoms with Crippen LogP contribution in [-0.4, -0.2) is 4.98 Å². The van der Waals surface area contributed by atoms with Gasteiger partial charge in [-0.1, -0.05) is 12.1 Å². The lowest BCUT2D eigenvalue weighted by Crippen LogP contribution is -2.00. The van der Waals surface area contributed by atoms with E-state index in [1.165, 1.54) is 12.1 Å². The van der Waals surface area contributed by atoms with Gasteiger partial charge >= 0.3 is 0 Å². The van der Waals surface area contributed by atoms with Crippen LogP contribution in [0.3, 0.4) is 0 Å². The molecule has 1 heterocycles. The number of nitrogens with zero attached hydrogens (tertiary/aromatic N) is 1. The van der Waals surface area contributed by atoms with Gasteiger partial charge in [-0.15, -0.1) is 0 Å². The van der Waals surface area contributed by atoms with Crippen molar-refractivity contribution in [2.75, 3.05) is 5.73 Å². The second kappa shape index (κ2) is 5.40. The van der Waals surface area contributed by atoms with Crippen molar-refractivity contribution in [1.82, 2.24) is 4.98 Å². The Labute approximate surface area is 122 Å². The van der Waals surface area contributed by atoms with Crippen LogP contribution in [0.25, 0.3) is 10.9 Å². The summed E-state index contributed by atoms with van der Waals surface area (Å²) in [5.74, 6) is 0.229. The van der Waals surface area contributed by atoms with Crippen LogP contribution >= 0.6 is 0 Å². The maximum absolute atomic E-state index is 13.3. The molecule has 21 heavy (non-hydrogen) atoms. The number of ether oxygens (including phenoxy) is 1. The molecule has 0 aliphatic rings. The molecule has 0 radical (unpaired) electrons. The van der Waals surface area contributed by atoms with E-state index in [4.69, 9.17) is 10.5 Å². The van der Waals surface area contributed by atoms with E-state index in [0.717, 1.165) is 22.0 Å². The maximum Gasteiger partial charge on any atom is 0.126 e. The van der Waals surface area contributed by atoms with Gasteiger partial charge in [-0.3, -0.25) is 4.98 Å². The smallest absolute Gasteiger partial charge is 0.126 e. The fourth-order valence-electron chi connectivity index (χ4n) is 2.25. The zero-order valence-electron chi connectivity index (χ0n) is 11.6. The first-order valence-electron chi connectivity index (χ1n) is 6.66. The minimum absolute atomic E-state index is 0.309. The highest BCUT2D eigenvalue weighted by Crippen LogP contribution is 2.25. The van der Waals surface area contributed by atoms with Crippen molar-refractivity contribution in [2.24, 2.45) is 0 Å². The first kappa shape index (κ1) is 13.4. The summed E-state index contributed by atoms with van der Waals surface area (Å²) in [5.41, 5.74) is 9.25. The Morgan fingerprint density at radius 2 is 2.05 bits per heavy atom. The summed E-state index contributed by atoms with van der Waals surface area (Å²) in [6, 6.07) is 12.0. The molecular formula is C17H15FN2O. The topological polar surface area (TPSA) is 48.1 Å². The number of hydrogen-bond acceptors (Lipinski definition) is 3. The zero-order valence-corrected chi connectivity index (χ0v) is 11.6. The van der Waals surface area contributed by atoms with Gasteiger partial charge in [-0.2, -0.15) is 0 Å². The molecule has 3 nitrogen and oxygen atoms in total. The molecule has 1 aromatic heterocycles. The van der Waals surface area contributed by atoms with Gasteiger partial charge in [0.1, 0.15) is 18.2 Å². The van der Waals surface area contributed by atoms with Crippen LogP contribution in [-0.2, 0) is 6.61 Å². The lowest BCUT2D eigenvalue weighted by atomic mass is 10.1. The molecule has 106 valence electrons. The average molecular weight is 282 g/mol. The number of hydrogen-bond donors (Lipinski definition) is 1. The summed E-state index contributed by atoms with van der Waals surface area (Å²) >= 11 is 0. The average Bonchev–Trinajstić information content (AvgIpc) is 2.50. The number of nitrogens with two attached hydrogens (primary N) is 1. The number of halogens is 1. The second-order valence-corrected chi connectivity index (χ2v) is 4.91. The first-order chi connectivity index (χ1) is 10.1. The molecule has 0 saturated carbocycles. The molecule has 2 N–H and O–H groups in total. The number of benzene rings is 2. The molecule has 0 amide bonds. The molecule has 3 rings (SSSR count). The summed E-state index contributed by atoms with van der Waals surface area (Å²) in [7, 11) is 0. The predicted octanol–water partition coefficient (Wildman–Crippen LogP) is 3.84. The zero-order chi connectivity index (χ0) is 14.8. The fraction of sp³-hybridized carbons (Fsp3) is 0.118. The van der Waals surface area contributed by atoms with Crippen LogP contribution in [0.15, 0.2) is 48.7 Å². The number of anilines is 1. The van der Waals surface area contributed by atoms with E-state index in [1.54, 1.807) is 12.3 Å². The third kappa shape index (κ3) is 2.65. The highest BCUT2D eigenvalue weighted by atomic mass is 19.1. The number of aromatic nitrogens is 1. The van der Waals surface area contributed by atoms with Crippen molar-refractivity contribution in [3.05, 3.63) is 65.6 Å². The van der Waals surface area contributed by atoms with Crippen LogP contribution in [0.2, 0.25) is 0 Å². The van der Waals surface area contributed by atoms with E-state index in [2.05, 4.69) is 4.98 Å². The molecule has 0 unspecified atom stereocenters. The molecular weight excluding hydrogens is 267 g/mol. The van der Waals surface area contributed by atoms with Gasteiger partial charge in [-0.05, 0) is 36.8 Å². The van der Waals surface area contributed by atoms with E-state index in [1.807, 2.05) is 31.2 Å². The van der Waals surface area contributed by atoms with Gasteiger partial charge in [-0.25, -0.2) is 4.39 Å². The lowest BCUT2D eigenvalue weighted by Gasteiger charge is -2.11. The summed E-state index contributed by atoms with van der Waals surface area (Å²) in [6.45, 7) is 2.20. The Balaban J connectivity index is 1.92. The molecule has 0 aliphatic heterocycles. The molecule has 3 aromatic rings. The van der Waals surface area contributed by atoms with E-state index in [9.17, 15) is 4.39 Å². The highest BCUT2D eigenvalue weighted by molar-refractivity contribution is 5.92. The van der Waals surface area contributed by atoms with Crippen molar-refractivity contribution in [2.45, 2.75) is 13.5 Å². The minimum atomic E-state index is -0.309. The van der Waals surface area contributed by atoms with Gasteiger partial charge in [0.15, 0.2) is 0 Å². The van der Waals surface area contributed by atoms with E-state index in [-0.39, 0.29) is 5.82 Å². The van der Waals surface area contributed by atoms with Gasteiger partial charge in [0.25, 0.3) is 0 Å². The molecule has 4 heteroatoms. The third-order valence-electron chi connectivity index (χ3n) is 3.42. The number of pyridine rings is 1. The lowest BCUT2D eigenvalue weighted by molar-refractivity contribution is 0.303. The Hall–Kier alpha value is -2.62. The minimum Gasteiger partial charge on any atom is -0.488 e. The van der Waals surface area contributed by atoms with Crippen LogP contribution in [0.1, 0.15) is 11.1 Å². The van der Waals surface area contributed by atoms with Gasteiger partial charge in [0.2, 0.25) is 0 Å². The van der Waals surface area contributed by atoms with E-state index >= 15 is 0 Å². The Bertz CT molecular complexity index is 802. The Morgan fingerprint density at radius 1 is 1.19 bits per heavy atom. The van der Waals surface area contributed by atoms with Gasteiger partial charge in [0, 0.05) is 28.9 Å². The van der Waals surface area contributed by atoms with Crippen LogP contribution in [0, 0.1) is 12.7 Å². The maximum atomic E-state index is 13.3. The third-order valence-corrected chi connectivity index (χ3v) is 3.42. The highest BCUT2D eigenvalue weighted by Gasteiger charge is 2.07. The fourth-order valence-corrected chi connectivity index (χ4v) is 2.25. The second-order valence-electron chi connectivity index (χ2n) is 4.91. The summed E-state index contributed by atoms with van der Waals surface area (Å²) < 4.78 is 19.0. The molecule has 0 bridgehead atoms. The number of aryl methyl sites for hydroxylation is 1. The summed E-state index contributed by atoms with van der Waals surface area (Å²) in [5, 5.41) is 0.898. The molecule has 0 spiro atoms. The largest absolute Gasteiger partial charge is 0.488 e. The van der Waals surface area contributed by atoms with Crippen molar-refractivity contribution in [3.63, 3.8) is 0 Å². The van der Waals surface area contributed by atoms with Gasteiger partial charge in [0.05, 0.1) is 5.52 Å². The number of nitrogen functional groups attached to an aromatic ring is 1. The van der Waals surface area contributed by atoms with Crippen molar-refractivity contribution in [3.8, 4) is 5.75 Å². The van der Waals surface area contributed by atoms with Crippen LogP contribution < -0.4 is 10.5 Å². The van der Waals surface area contributed by atoms with Crippen LogP contribution in [0.4, 0.5) is 10.1 Å². The molecule has 0 saturated heterocycles. The van der Waals surface area contributed by atoms with Gasteiger partial charge < -0.3 is 10.5 Å². The Kier molecular flexibility index (Phi) is 3.44. The van der Waals surface area contributed by atoms with Crippen LogP contribution in [0.5, 0.6) is 5.75 Å². The summed E-state index contributed by atoms with van der Waals surface area (Å²) in [6.07, 6.45) is 1.72. The van der Waals surface area contributed by atoms with Crippen molar-refractivity contribution >= 4 is 16.6 Å². The SMILES string of the molecule is Cc1ccc(F)cc1OCc1ccc(N)c2cccnc12. The normalized spacial score (nSPS) is 10.8. The molecule has 0 aliphatic carbocycles. The van der Waals surface area contributed by atoms with Crippen molar-refractivity contribution in [1.29, 1.82) is 0 Å². The standard InChI is InChI=1S/C17H15FN2O/c1-11-4-6-13(18)9-16(11)21-10-12-5-7-15(19)14-3-2-8-20-17(12)14/h2-9H,10,19H2,1H3. The molecule has 0 fully saturated rings. The monoisotopic (exact) mass is 282 g/mol. The first-order valence-corrected chi connectivity index (χ1v) is 6.66. The van der Waals surface area contributed by atoms with E-state index < -0.39 is 0 Å². The Morgan fingerprint density at radius 3 is 2.90 bits per heavy atom. The predicted molar refractivity (Wildman–Crippen MR) is 81.6 cm³/mol. The van der Waals surface area contributed by atoms with Crippen molar-refractivity contribution < 1.29 is 9.13 Å².